The number of likely N-dealkylation sites (tertiary alicyclic amines) is 1. The van der Waals surface area contributed by atoms with Crippen LogP contribution in [0.2, 0.25) is 0 Å². The predicted molar refractivity (Wildman–Crippen MR) is 153 cm³/mol. The minimum atomic E-state index is -5.17. The van der Waals surface area contributed by atoms with Crippen LogP contribution in [0.3, 0.4) is 0 Å². The summed E-state index contributed by atoms with van der Waals surface area (Å²) in [5.41, 5.74) is -0.216. The second-order valence-corrected chi connectivity index (χ2v) is 11.6. The molecule has 2 aliphatic rings. The Hall–Kier alpha value is -4.83. The molecule has 17 heteroatoms. The van der Waals surface area contributed by atoms with Crippen molar-refractivity contribution in [1.29, 1.82) is 0 Å². The maximum absolute atomic E-state index is 14.0. The highest BCUT2D eigenvalue weighted by Crippen LogP contribution is 2.40. The summed E-state index contributed by atoms with van der Waals surface area (Å²) in [5.74, 6) is -3.23. The minimum Gasteiger partial charge on any atom is -0.491 e. The zero-order chi connectivity index (χ0) is 34.9. The molecule has 11 nitrogen and oxygen atoms in total. The summed E-state index contributed by atoms with van der Waals surface area (Å²) in [6.45, 7) is 1.14. The molecular formula is C30H31F6N5O6. The maximum Gasteiger partial charge on any atom is 0.416 e. The number of hydrogen-bond acceptors (Lipinski definition) is 7. The molecule has 2 heterocycles. The number of carbonyl (C=O) groups excluding carboxylic acids is 4. The maximum atomic E-state index is 14.0. The predicted octanol–water partition coefficient (Wildman–Crippen LogP) is 3.75. The number of ether oxygens (including phenoxy) is 2. The van der Waals surface area contributed by atoms with E-state index < -0.39 is 76.7 Å². The van der Waals surface area contributed by atoms with E-state index in [0.29, 0.717) is 17.8 Å². The first-order chi connectivity index (χ1) is 21.7. The van der Waals surface area contributed by atoms with Crippen LogP contribution < -0.4 is 15.8 Å². The molecule has 0 bridgehead atoms. The second kappa shape index (κ2) is 12.8. The number of fused-ring (bicyclic) bond motifs is 1. The molecule has 2 atom stereocenters. The number of halogens is 6. The standard InChI is InChI=1S/C30H31F6N5O6/c1-27(2,47-26(37)45)24(43)38-21(15-46-20-12-18(29(31,32)33)11-19(13-20)30(34,35)36)23(42)41-10-9-22-28(16-41,25(44)40(3)39-22)14-17-7-5-4-6-8-17/h4-8,11-13,21H,9-10,14-16H2,1-3H3,(H2,37,45)(H,38,43)/t21-,28-/m1/s1. The molecule has 1 saturated heterocycles. The van der Waals surface area contributed by atoms with E-state index in [4.69, 9.17) is 15.2 Å². The first-order valence-electron chi connectivity index (χ1n) is 14.1. The van der Waals surface area contributed by atoms with E-state index in [1.165, 1.54) is 17.0 Å². The molecule has 4 rings (SSSR count). The largest absolute Gasteiger partial charge is 0.491 e. The third-order valence-electron chi connectivity index (χ3n) is 7.75. The van der Waals surface area contributed by atoms with Gasteiger partial charge in [0.1, 0.15) is 23.8 Å². The Morgan fingerprint density at radius 3 is 2.17 bits per heavy atom. The quantitative estimate of drug-likeness (QED) is 0.389. The number of carbonyl (C=O) groups is 4. The van der Waals surface area contributed by atoms with Gasteiger partial charge >= 0.3 is 18.4 Å². The monoisotopic (exact) mass is 671 g/mol. The number of alkyl halides is 6. The molecule has 0 aliphatic carbocycles. The first-order valence-corrected chi connectivity index (χ1v) is 14.1. The topological polar surface area (TPSA) is 144 Å². The summed E-state index contributed by atoms with van der Waals surface area (Å²) in [5, 5.41) is 7.84. The van der Waals surface area contributed by atoms with Crippen LogP contribution in [0.25, 0.3) is 0 Å². The number of nitrogens with zero attached hydrogens (tertiary/aromatic N) is 3. The van der Waals surface area contributed by atoms with Crippen molar-refractivity contribution in [3.8, 4) is 5.75 Å². The number of benzene rings is 2. The van der Waals surface area contributed by atoms with Gasteiger partial charge in [-0.15, -0.1) is 0 Å². The van der Waals surface area contributed by atoms with Crippen LogP contribution in [0.5, 0.6) is 5.75 Å². The lowest BCUT2D eigenvalue weighted by molar-refractivity contribution is -0.146. The normalized spacial score (nSPS) is 19.1. The molecule has 0 saturated carbocycles. The van der Waals surface area contributed by atoms with Crippen LogP contribution in [0.1, 0.15) is 37.0 Å². The Kier molecular flexibility index (Phi) is 9.51. The Labute approximate surface area is 264 Å². The van der Waals surface area contributed by atoms with Gasteiger partial charge in [0.15, 0.2) is 5.60 Å². The lowest BCUT2D eigenvalue weighted by Crippen LogP contribution is -2.61. The van der Waals surface area contributed by atoms with Gasteiger partial charge in [-0.25, -0.2) is 9.80 Å². The van der Waals surface area contributed by atoms with Crippen molar-refractivity contribution in [2.24, 2.45) is 16.3 Å². The SMILES string of the molecule is CN1N=C2CCN(C(=O)[C@@H](COc3cc(C(F)(F)F)cc(C(F)(F)F)c3)NC(=O)C(C)(C)OC(N)=O)C[C@@]2(Cc2ccccc2)C1=O. The van der Waals surface area contributed by atoms with Crippen molar-refractivity contribution in [1.82, 2.24) is 15.2 Å². The molecule has 2 aliphatic heterocycles. The highest BCUT2D eigenvalue weighted by atomic mass is 19.4. The molecule has 0 radical (unpaired) electrons. The number of hydrogen-bond donors (Lipinski definition) is 2. The molecule has 47 heavy (non-hydrogen) atoms. The van der Waals surface area contributed by atoms with E-state index in [1.54, 1.807) is 30.3 Å². The summed E-state index contributed by atoms with van der Waals surface area (Å²) in [7, 11) is 1.47. The van der Waals surface area contributed by atoms with E-state index >= 15 is 0 Å². The van der Waals surface area contributed by atoms with Crippen LogP contribution >= 0.6 is 0 Å². The zero-order valence-corrected chi connectivity index (χ0v) is 25.4. The molecule has 2 aromatic rings. The molecule has 0 spiro atoms. The highest BCUT2D eigenvalue weighted by Gasteiger charge is 2.54. The molecule has 0 unspecified atom stereocenters. The number of rotatable bonds is 9. The molecule has 4 amide bonds. The van der Waals surface area contributed by atoms with Crippen LogP contribution in [-0.4, -0.2) is 77.8 Å². The van der Waals surface area contributed by atoms with E-state index in [2.05, 4.69) is 10.4 Å². The highest BCUT2D eigenvalue weighted by molar-refractivity contribution is 6.13. The Balaban J connectivity index is 1.67. The van der Waals surface area contributed by atoms with E-state index in [1.807, 2.05) is 0 Å². The van der Waals surface area contributed by atoms with Gasteiger partial charge in [-0.05, 0) is 44.0 Å². The van der Waals surface area contributed by atoms with Crippen molar-refractivity contribution in [2.45, 2.75) is 50.7 Å². The summed E-state index contributed by atoms with van der Waals surface area (Å²) < 4.78 is 90.7. The number of primary amides is 1. The average Bonchev–Trinajstić information content (AvgIpc) is 3.21. The van der Waals surface area contributed by atoms with E-state index in [9.17, 15) is 45.5 Å². The molecule has 254 valence electrons. The Morgan fingerprint density at radius 1 is 1.02 bits per heavy atom. The summed E-state index contributed by atoms with van der Waals surface area (Å²) in [6, 6.07) is 7.74. The molecule has 2 aromatic carbocycles. The molecule has 1 fully saturated rings. The summed E-state index contributed by atoms with van der Waals surface area (Å²) in [4.78, 5) is 53.2. The third-order valence-corrected chi connectivity index (χ3v) is 7.75. The fourth-order valence-electron chi connectivity index (χ4n) is 5.43. The Morgan fingerprint density at radius 2 is 1.62 bits per heavy atom. The smallest absolute Gasteiger partial charge is 0.416 e. The van der Waals surface area contributed by atoms with Gasteiger partial charge in [-0.1, -0.05) is 30.3 Å². The average molecular weight is 672 g/mol. The van der Waals surface area contributed by atoms with Crippen LogP contribution in [0.4, 0.5) is 31.1 Å². The van der Waals surface area contributed by atoms with Gasteiger partial charge in [-0.2, -0.15) is 31.4 Å². The van der Waals surface area contributed by atoms with Gasteiger partial charge in [0.05, 0.1) is 16.8 Å². The number of amides is 4. The third kappa shape index (κ3) is 7.77. The summed E-state index contributed by atoms with van der Waals surface area (Å²) >= 11 is 0. The molecule has 0 aromatic heterocycles. The molecule has 3 N–H and O–H groups in total. The number of hydrazone groups is 1. The van der Waals surface area contributed by atoms with Crippen LogP contribution in [0.15, 0.2) is 53.6 Å². The van der Waals surface area contributed by atoms with E-state index in [0.717, 1.165) is 19.4 Å². The van der Waals surface area contributed by atoms with Gasteiger partial charge < -0.3 is 25.4 Å². The van der Waals surface area contributed by atoms with Gasteiger partial charge in [-0.3, -0.25) is 14.4 Å². The van der Waals surface area contributed by atoms with Gasteiger partial charge in [0.2, 0.25) is 5.91 Å². The van der Waals surface area contributed by atoms with Gasteiger partial charge in [0, 0.05) is 26.6 Å². The second-order valence-electron chi connectivity index (χ2n) is 11.6. The van der Waals surface area contributed by atoms with Crippen molar-refractivity contribution in [3.05, 3.63) is 65.2 Å². The summed E-state index contributed by atoms with van der Waals surface area (Å²) in [6.07, 6.45) is -11.4. The fraction of sp³-hybridized carbons (Fsp3) is 0.433. The molecular weight excluding hydrogens is 640 g/mol. The van der Waals surface area contributed by atoms with E-state index in [-0.39, 0.29) is 32.0 Å². The number of nitrogens with two attached hydrogens (primary N) is 1. The van der Waals surface area contributed by atoms with Crippen LogP contribution in [0, 0.1) is 5.41 Å². The van der Waals surface area contributed by atoms with Gasteiger partial charge in [0.25, 0.3) is 11.8 Å². The lowest BCUT2D eigenvalue weighted by atomic mass is 9.73. The lowest BCUT2D eigenvalue weighted by Gasteiger charge is -2.40. The van der Waals surface area contributed by atoms with Crippen molar-refractivity contribution < 1.29 is 55.0 Å². The van der Waals surface area contributed by atoms with Crippen molar-refractivity contribution in [3.63, 3.8) is 0 Å². The van der Waals surface area contributed by atoms with Crippen molar-refractivity contribution >= 4 is 29.5 Å². The minimum absolute atomic E-state index is 0.00462. The van der Waals surface area contributed by atoms with Crippen molar-refractivity contribution in [2.75, 3.05) is 26.7 Å². The zero-order valence-electron chi connectivity index (χ0n) is 25.4. The first kappa shape index (κ1) is 35.0. The Bertz CT molecular complexity index is 1550. The number of piperidine rings is 1. The van der Waals surface area contributed by atoms with Crippen LogP contribution in [-0.2, 0) is 37.9 Å². The number of nitrogens with one attached hydrogen (secondary N) is 1. The fourth-order valence-corrected chi connectivity index (χ4v) is 5.43.